The maximum Gasteiger partial charge on any atom is 0.275 e. The van der Waals surface area contributed by atoms with Gasteiger partial charge in [-0.25, -0.2) is 14.8 Å². The maximum absolute atomic E-state index is 11.8. The van der Waals surface area contributed by atoms with Gasteiger partial charge >= 0.3 is 0 Å². The molecule has 102 valence electrons. The van der Waals surface area contributed by atoms with Crippen LogP contribution in [0.1, 0.15) is 12.7 Å². The Bertz CT molecular complexity index is 677. The number of anilines is 1. The Labute approximate surface area is 119 Å². The Morgan fingerprint density at radius 3 is 2.55 bits per heavy atom. The molecule has 0 radical (unpaired) electrons. The number of aromatic nitrogens is 2. The number of nitrogens with zero attached hydrogens (tertiary/aromatic N) is 4. The predicted octanol–water partition coefficient (Wildman–Crippen LogP) is 1.70. The summed E-state index contributed by atoms with van der Waals surface area (Å²) in [6.45, 7) is 10.4. The minimum absolute atomic E-state index is 0.154. The predicted molar refractivity (Wildman–Crippen MR) is 74.0 cm³/mol. The fourth-order valence-corrected chi connectivity index (χ4v) is 2.22. The highest BCUT2D eigenvalue weighted by Gasteiger charge is 2.30. The fraction of sp³-hybridized carbons (Fsp3) is 0.250. The third-order valence-electron chi connectivity index (χ3n) is 2.59. The summed E-state index contributed by atoms with van der Waals surface area (Å²) >= 11 is 1.30. The van der Waals surface area contributed by atoms with Gasteiger partial charge in [-0.1, -0.05) is 0 Å². The molecule has 2 rings (SSSR count). The molecule has 1 N–H and O–H groups in total. The molecule has 0 unspecified atom stereocenters. The van der Waals surface area contributed by atoms with E-state index in [0.29, 0.717) is 16.4 Å². The van der Waals surface area contributed by atoms with Gasteiger partial charge in [-0.05, 0) is 20.1 Å². The summed E-state index contributed by atoms with van der Waals surface area (Å²) in [5.41, 5.74) is 3.13. The number of amides is 2. The first kappa shape index (κ1) is 14.0. The van der Waals surface area contributed by atoms with Crippen LogP contribution < -0.4 is 5.43 Å². The minimum Gasteiger partial charge on any atom is -0.281 e. The van der Waals surface area contributed by atoms with Gasteiger partial charge in [0.2, 0.25) is 0 Å². The lowest BCUT2D eigenvalue weighted by Gasteiger charge is -2.18. The van der Waals surface area contributed by atoms with Gasteiger partial charge in [-0.15, -0.1) is 11.8 Å². The Kier molecular flexibility index (Phi) is 3.72. The van der Waals surface area contributed by atoms with Gasteiger partial charge < -0.3 is 0 Å². The van der Waals surface area contributed by atoms with Gasteiger partial charge in [0, 0.05) is 11.6 Å². The second-order valence-corrected chi connectivity index (χ2v) is 4.80. The van der Waals surface area contributed by atoms with E-state index in [-0.39, 0.29) is 11.5 Å². The zero-order valence-corrected chi connectivity index (χ0v) is 11.9. The van der Waals surface area contributed by atoms with Crippen molar-refractivity contribution >= 4 is 35.1 Å². The molecule has 0 aromatic carbocycles. The molecule has 0 fully saturated rings. The zero-order chi connectivity index (χ0) is 14.9. The van der Waals surface area contributed by atoms with Crippen molar-refractivity contribution in [3.8, 4) is 0 Å². The molecule has 0 aliphatic carbocycles. The second kappa shape index (κ2) is 5.30. The Balaban J connectivity index is 2.40. The molecular weight excluding hydrogens is 278 g/mol. The number of imide groups is 1. The average Bonchev–Trinajstić information content (AvgIpc) is 2.64. The van der Waals surface area contributed by atoms with E-state index in [0.717, 1.165) is 5.01 Å². The van der Waals surface area contributed by atoms with Gasteiger partial charge in [-0.3, -0.25) is 15.0 Å². The van der Waals surface area contributed by atoms with Crippen LogP contribution >= 0.6 is 11.8 Å². The fourth-order valence-electron chi connectivity index (χ4n) is 1.66. The lowest BCUT2D eigenvalue weighted by molar-refractivity contribution is -0.135. The second-order valence-electron chi connectivity index (χ2n) is 4.01. The summed E-state index contributed by atoms with van der Waals surface area (Å²) in [6, 6.07) is 0. The van der Waals surface area contributed by atoms with Crippen LogP contribution in [0.3, 0.4) is 0 Å². The van der Waals surface area contributed by atoms with Crippen molar-refractivity contribution in [2.24, 2.45) is 0 Å². The monoisotopic (exact) mass is 289 g/mol. The number of carbonyl (C=O) groups excluding carboxylic acids is 2. The van der Waals surface area contributed by atoms with Crippen molar-refractivity contribution < 1.29 is 9.59 Å². The highest BCUT2D eigenvalue weighted by atomic mass is 32.2. The molecule has 2 amide bonds. The normalized spacial score (nSPS) is 14.3. The molecule has 0 atom stereocenters. The van der Waals surface area contributed by atoms with Crippen LogP contribution in [-0.2, 0) is 9.59 Å². The van der Waals surface area contributed by atoms with E-state index in [2.05, 4.69) is 20.2 Å². The summed E-state index contributed by atoms with van der Waals surface area (Å²) in [5, 5.41) is 1.34. The third kappa shape index (κ3) is 2.35. The number of rotatable bonds is 3. The number of hydrazine groups is 1. The molecule has 0 saturated heterocycles. The van der Waals surface area contributed by atoms with Crippen molar-refractivity contribution in [1.29, 1.82) is 0 Å². The van der Waals surface area contributed by atoms with Crippen LogP contribution in [0.5, 0.6) is 0 Å². The van der Waals surface area contributed by atoms with Crippen LogP contribution in [-0.4, -0.2) is 33.0 Å². The van der Waals surface area contributed by atoms with E-state index in [4.69, 9.17) is 6.57 Å². The standard InChI is InChI=1S/C12H11N5O2S/c1-6-5-8(18)17(12(6)19)16-10-9(13-3)11(20-4)15-7(2)14-10/h5H,1-2,4H3,(H,14,15,16). The zero-order valence-electron chi connectivity index (χ0n) is 11.1. The van der Waals surface area contributed by atoms with E-state index < -0.39 is 11.8 Å². The smallest absolute Gasteiger partial charge is 0.275 e. The Morgan fingerprint density at radius 1 is 1.35 bits per heavy atom. The largest absolute Gasteiger partial charge is 0.281 e. The van der Waals surface area contributed by atoms with E-state index in [9.17, 15) is 9.59 Å². The van der Waals surface area contributed by atoms with Crippen molar-refractivity contribution in [3.05, 3.63) is 28.9 Å². The SMILES string of the molecule is [C-]#[N+]c1c(NN2C(=O)C=C(C)C2=O)nc(C)nc1SC. The quantitative estimate of drug-likeness (QED) is 0.395. The summed E-state index contributed by atoms with van der Waals surface area (Å²) in [6.07, 6.45) is 3.02. The number of thioether (sulfide) groups is 1. The summed E-state index contributed by atoms with van der Waals surface area (Å²) < 4.78 is 0. The van der Waals surface area contributed by atoms with E-state index in [1.165, 1.54) is 17.8 Å². The lowest BCUT2D eigenvalue weighted by atomic mass is 10.3. The number of aryl methyl sites for hydroxylation is 1. The molecule has 7 nitrogen and oxygen atoms in total. The number of hydrogen-bond acceptors (Lipinski definition) is 6. The Morgan fingerprint density at radius 2 is 2.05 bits per heavy atom. The van der Waals surface area contributed by atoms with Crippen LogP contribution in [0.4, 0.5) is 11.5 Å². The van der Waals surface area contributed by atoms with Gasteiger partial charge in [0.15, 0.2) is 5.82 Å². The van der Waals surface area contributed by atoms with Crippen molar-refractivity contribution in [2.45, 2.75) is 18.9 Å². The lowest BCUT2D eigenvalue weighted by Crippen LogP contribution is -2.36. The van der Waals surface area contributed by atoms with Crippen molar-refractivity contribution in [3.63, 3.8) is 0 Å². The first-order valence-electron chi connectivity index (χ1n) is 5.61. The molecular formula is C12H11N5O2S. The molecule has 1 aliphatic rings. The van der Waals surface area contributed by atoms with Crippen LogP contribution in [0.2, 0.25) is 0 Å². The number of nitrogens with one attached hydrogen (secondary N) is 1. The highest BCUT2D eigenvalue weighted by Crippen LogP contribution is 2.33. The van der Waals surface area contributed by atoms with Crippen LogP contribution in [0.15, 0.2) is 16.7 Å². The molecule has 20 heavy (non-hydrogen) atoms. The highest BCUT2D eigenvalue weighted by molar-refractivity contribution is 7.98. The molecule has 1 aromatic rings. The first-order valence-corrected chi connectivity index (χ1v) is 6.84. The number of hydrogen-bond donors (Lipinski definition) is 1. The van der Waals surface area contributed by atoms with E-state index in [1.807, 2.05) is 0 Å². The van der Waals surface area contributed by atoms with Crippen molar-refractivity contribution in [2.75, 3.05) is 11.7 Å². The van der Waals surface area contributed by atoms with Crippen molar-refractivity contribution in [1.82, 2.24) is 15.0 Å². The van der Waals surface area contributed by atoms with E-state index >= 15 is 0 Å². The molecule has 8 heteroatoms. The molecule has 0 bridgehead atoms. The molecule has 0 saturated carbocycles. The van der Waals surface area contributed by atoms with Crippen LogP contribution in [0, 0.1) is 13.5 Å². The third-order valence-corrected chi connectivity index (χ3v) is 3.26. The van der Waals surface area contributed by atoms with E-state index in [1.54, 1.807) is 20.1 Å². The summed E-state index contributed by atoms with van der Waals surface area (Å²) in [5.74, 6) is -0.326. The molecule has 2 heterocycles. The van der Waals surface area contributed by atoms with Crippen LogP contribution in [0.25, 0.3) is 4.85 Å². The average molecular weight is 289 g/mol. The summed E-state index contributed by atoms with van der Waals surface area (Å²) in [4.78, 5) is 35.1. The number of carbonyl (C=O) groups is 2. The maximum atomic E-state index is 11.8. The minimum atomic E-state index is -0.481. The first-order chi connectivity index (χ1) is 9.47. The molecule has 1 aromatic heterocycles. The van der Waals surface area contributed by atoms with Gasteiger partial charge in [0.1, 0.15) is 10.9 Å². The summed E-state index contributed by atoms with van der Waals surface area (Å²) in [7, 11) is 0. The molecule has 0 spiro atoms. The molecule has 1 aliphatic heterocycles. The van der Waals surface area contributed by atoms with Gasteiger partial charge in [-0.2, -0.15) is 5.01 Å². The van der Waals surface area contributed by atoms with Gasteiger partial charge in [0.25, 0.3) is 17.5 Å². The topological polar surface area (TPSA) is 79.5 Å². The van der Waals surface area contributed by atoms with Gasteiger partial charge in [0.05, 0.1) is 6.57 Å². The Hall–Kier alpha value is -2.40.